The SMILES string of the molecule is COc1ccc(Cl)cc1NCCN1CCc2nc3ccccc3c(C3CN(CCO)CC[N]3)c2C1. The van der Waals surface area contributed by atoms with Crippen LogP contribution in [0.3, 0.4) is 0 Å². The van der Waals surface area contributed by atoms with Crippen molar-refractivity contribution in [2.75, 3.05) is 64.8 Å². The van der Waals surface area contributed by atoms with E-state index in [1.54, 1.807) is 7.11 Å². The van der Waals surface area contributed by atoms with Crippen molar-refractivity contribution in [2.45, 2.75) is 19.0 Å². The number of ether oxygens (including phenoxy) is 1. The van der Waals surface area contributed by atoms with E-state index in [1.165, 1.54) is 22.2 Å². The molecule has 2 N–H and O–H groups in total. The van der Waals surface area contributed by atoms with Gasteiger partial charge in [0, 0.05) is 74.9 Å². The monoisotopic (exact) mass is 494 g/mol. The maximum absolute atomic E-state index is 9.48. The zero-order valence-electron chi connectivity index (χ0n) is 20.2. The number of pyridine rings is 1. The van der Waals surface area contributed by atoms with Gasteiger partial charge in [-0.05, 0) is 35.4 Å². The first kappa shape index (κ1) is 24.3. The summed E-state index contributed by atoms with van der Waals surface area (Å²) < 4.78 is 5.47. The lowest BCUT2D eigenvalue weighted by molar-refractivity contribution is 0.155. The molecule has 0 saturated carbocycles. The van der Waals surface area contributed by atoms with Gasteiger partial charge in [0.15, 0.2) is 0 Å². The number of fused-ring (bicyclic) bond motifs is 2. The number of benzene rings is 2. The van der Waals surface area contributed by atoms with Gasteiger partial charge in [0.05, 0.1) is 31.0 Å². The predicted octanol–water partition coefficient (Wildman–Crippen LogP) is 3.32. The van der Waals surface area contributed by atoms with Gasteiger partial charge in [0.1, 0.15) is 5.75 Å². The predicted molar refractivity (Wildman–Crippen MR) is 140 cm³/mol. The van der Waals surface area contributed by atoms with Crippen molar-refractivity contribution < 1.29 is 9.84 Å². The molecule has 8 heteroatoms. The first-order valence-electron chi connectivity index (χ1n) is 12.4. The first-order valence-corrected chi connectivity index (χ1v) is 12.7. The number of rotatable bonds is 8. The largest absolute Gasteiger partial charge is 0.495 e. The summed E-state index contributed by atoms with van der Waals surface area (Å²) in [6.07, 6.45) is 0.931. The third-order valence-electron chi connectivity index (χ3n) is 7.02. The lowest BCUT2D eigenvalue weighted by Crippen LogP contribution is -2.44. The number of methoxy groups -OCH3 is 1. The molecule has 3 aromatic rings. The number of aromatic nitrogens is 1. The van der Waals surface area contributed by atoms with Crippen LogP contribution < -0.4 is 15.4 Å². The van der Waals surface area contributed by atoms with E-state index >= 15 is 0 Å². The molecular weight excluding hydrogens is 462 g/mol. The minimum Gasteiger partial charge on any atom is -0.495 e. The van der Waals surface area contributed by atoms with Gasteiger partial charge in [0.2, 0.25) is 0 Å². The Bertz CT molecular complexity index is 1170. The summed E-state index contributed by atoms with van der Waals surface area (Å²) in [4.78, 5) is 9.86. The lowest BCUT2D eigenvalue weighted by Gasteiger charge is -2.36. The van der Waals surface area contributed by atoms with Gasteiger partial charge in [-0.15, -0.1) is 0 Å². The molecule has 2 aliphatic rings. The van der Waals surface area contributed by atoms with Gasteiger partial charge in [0.25, 0.3) is 0 Å². The van der Waals surface area contributed by atoms with Crippen LogP contribution in [0.1, 0.15) is 22.9 Å². The molecule has 1 atom stereocenters. The Morgan fingerprint density at radius 1 is 1.14 bits per heavy atom. The fraction of sp³-hybridized carbons (Fsp3) is 0.444. The summed E-state index contributed by atoms with van der Waals surface area (Å²) in [6, 6.07) is 14.2. The van der Waals surface area contributed by atoms with Crippen LogP contribution in [0, 0.1) is 0 Å². The highest BCUT2D eigenvalue weighted by Gasteiger charge is 2.30. The molecule has 1 unspecified atom stereocenters. The van der Waals surface area contributed by atoms with Gasteiger partial charge in [-0.2, -0.15) is 0 Å². The molecule has 2 aromatic carbocycles. The highest BCUT2D eigenvalue weighted by molar-refractivity contribution is 6.30. The Labute approximate surface area is 212 Å². The Morgan fingerprint density at radius 3 is 2.89 bits per heavy atom. The highest BCUT2D eigenvalue weighted by Crippen LogP contribution is 2.34. The van der Waals surface area contributed by atoms with Crippen molar-refractivity contribution in [2.24, 2.45) is 0 Å². The molecule has 5 rings (SSSR count). The van der Waals surface area contributed by atoms with Crippen LogP contribution in [-0.4, -0.2) is 79.4 Å². The number of aliphatic hydroxyl groups is 1. The molecule has 185 valence electrons. The smallest absolute Gasteiger partial charge is 0.142 e. The third kappa shape index (κ3) is 5.39. The van der Waals surface area contributed by atoms with Gasteiger partial charge in [-0.1, -0.05) is 29.8 Å². The number of halogens is 1. The van der Waals surface area contributed by atoms with Crippen LogP contribution in [-0.2, 0) is 13.0 Å². The Kier molecular flexibility index (Phi) is 7.70. The quantitative estimate of drug-likeness (QED) is 0.500. The van der Waals surface area contributed by atoms with Crippen molar-refractivity contribution in [1.82, 2.24) is 20.1 Å². The standard InChI is InChI=1S/C27H33ClN5O2/c1-35-26-7-6-19(28)16-24(26)29-9-12-32-11-8-23-21(17-32)27(20-4-2-3-5-22(20)31-23)25-18-33(14-15-34)13-10-30-25/h2-7,16,25,29,34H,8-15,17-18H2,1H3. The molecule has 1 saturated heterocycles. The minimum absolute atomic E-state index is 0.103. The number of piperazine rings is 1. The molecule has 1 radical (unpaired) electrons. The van der Waals surface area contributed by atoms with Gasteiger partial charge in [-0.3, -0.25) is 14.8 Å². The van der Waals surface area contributed by atoms with Crippen LogP contribution >= 0.6 is 11.6 Å². The molecule has 0 bridgehead atoms. The van der Waals surface area contributed by atoms with Crippen LogP contribution in [0.25, 0.3) is 10.9 Å². The van der Waals surface area contributed by atoms with E-state index < -0.39 is 0 Å². The van der Waals surface area contributed by atoms with Crippen LogP contribution in [0.5, 0.6) is 5.75 Å². The molecule has 2 aliphatic heterocycles. The average Bonchev–Trinajstić information content (AvgIpc) is 2.88. The summed E-state index contributed by atoms with van der Waals surface area (Å²) in [5, 5.41) is 19.9. The number of nitrogens with zero attached hydrogens (tertiary/aromatic N) is 4. The number of β-amino-alcohol motifs (C(OH)–C–C–N with tert-alkyl or cyclic N) is 1. The number of hydrogen-bond donors (Lipinski definition) is 2. The normalized spacial score (nSPS) is 19.0. The fourth-order valence-corrected chi connectivity index (χ4v) is 5.47. The topological polar surface area (TPSA) is 75.0 Å². The Balaban J connectivity index is 1.37. The molecule has 0 amide bonds. The van der Waals surface area contributed by atoms with Gasteiger partial charge in [-0.25, -0.2) is 5.32 Å². The van der Waals surface area contributed by atoms with E-state index in [1.807, 2.05) is 18.2 Å². The summed E-state index contributed by atoms with van der Waals surface area (Å²) in [5.41, 5.74) is 5.82. The van der Waals surface area contributed by atoms with E-state index in [0.29, 0.717) is 11.6 Å². The molecular formula is C27H33ClN5O2. The second kappa shape index (κ2) is 11.1. The third-order valence-corrected chi connectivity index (χ3v) is 7.26. The van der Waals surface area contributed by atoms with Gasteiger partial charge < -0.3 is 15.2 Å². The van der Waals surface area contributed by atoms with Crippen molar-refractivity contribution in [3.05, 3.63) is 64.3 Å². The number of aliphatic hydroxyl groups excluding tert-OH is 1. The van der Waals surface area contributed by atoms with E-state index in [2.05, 4.69) is 39.4 Å². The second-order valence-corrected chi connectivity index (χ2v) is 9.65. The van der Waals surface area contributed by atoms with Crippen LogP contribution in [0.2, 0.25) is 5.02 Å². The molecule has 1 aromatic heterocycles. The van der Waals surface area contributed by atoms with Crippen molar-refractivity contribution in [1.29, 1.82) is 0 Å². The van der Waals surface area contributed by atoms with E-state index in [-0.39, 0.29) is 12.6 Å². The maximum atomic E-state index is 9.48. The molecule has 1 fully saturated rings. The molecule has 35 heavy (non-hydrogen) atoms. The van der Waals surface area contributed by atoms with Crippen molar-refractivity contribution >= 4 is 28.2 Å². The Morgan fingerprint density at radius 2 is 2.03 bits per heavy atom. The molecule has 0 aliphatic carbocycles. The van der Waals surface area contributed by atoms with E-state index in [0.717, 1.165) is 69.2 Å². The van der Waals surface area contributed by atoms with Crippen molar-refractivity contribution in [3.63, 3.8) is 0 Å². The molecule has 7 nitrogen and oxygen atoms in total. The van der Waals surface area contributed by atoms with Crippen LogP contribution in [0.15, 0.2) is 42.5 Å². The summed E-state index contributed by atoms with van der Waals surface area (Å²) in [7, 11) is 1.67. The summed E-state index contributed by atoms with van der Waals surface area (Å²) >= 11 is 6.19. The zero-order valence-corrected chi connectivity index (χ0v) is 21.0. The molecule has 3 heterocycles. The summed E-state index contributed by atoms with van der Waals surface area (Å²) in [6.45, 7) is 6.96. The minimum atomic E-state index is 0.103. The number of para-hydroxylation sites is 1. The second-order valence-electron chi connectivity index (χ2n) is 9.21. The van der Waals surface area contributed by atoms with Crippen LogP contribution in [0.4, 0.5) is 5.69 Å². The fourth-order valence-electron chi connectivity index (χ4n) is 5.29. The first-order chi connectivity index (χ1) is 17.2. The van der Waals surface area contributed by atoms with E-state index in [9.17, 15) is 5.11 Å². The lowest BCUT2D eigenvalue weighted by atomic mass is 9.90. The van der Waals surface area contributed by atoms with E-state index in [4.69, 9.17) is 26.6 Å². The molecule has 0 spiro atoms. The maximum Gasteiger partial charge on any atom is 0.142 e. The zero-order chi connectivity index (χ0) is 24.2. The number of nitrogens with one attached hydrogen (secondary N) is 1. The number of hydrogen-bond acceptors (Lipinski definition) is 6. The van der Waals surface area contributed by atoms with Gasteiger partial charge >= 0.3 is 0 Å². The Hall–Kier alpha value is -2.42. The summed E-state index contributed by atoms with van der Waals surface area (Å²) in [5.74, 6) is 0.794. The number of anilines is 1. The average molecular weight is 495 g/mol. The highest BCUT2D eigenvalue weighted by atomic mass is 35.5. The van der Waals surface area contributed by atoms with Crippen molar-refractivity contribution in [3.8, 4) is 5.75 Å².